The number of hydrogen-bond acceptors (Lipinski definition) is 1. The number of aryl methyl sites for hydroxylation is 1. The molecule has 0 atom stereocenters. The molecule has 0 aliphatic rings. The molecule has 0 fully saturated rings. The highest BCUT2D eigenvalue weighted by Crippen LogP contribution is 2.34. The van der Waals surface area contributed by atoms with Gasteiger partial charge in [-0.1, -0.05) is 60.7 Å². The van der Waals surface area contributed by atoms with Crippen molar-refractivity contribution in [2.45, 2.75) is 6.92 Å². The zero-order chi connectivity index (χ0) is 20.5. The van der Waals surface area contributed by atoms with Gasteiger partial charge in [-0.25, -0.2) is 22.5 Å². The first kappa shape index (κ1) is 19.3. The molecule has 0 aliphatic heterocycles. The van der Waals surface area contributed by atoms with Gasteiger partial charge >= 0.3 is 0 Å². The van der Waals surface area contributed by atoms with Crippen molar-refractivity contribution in [1.82, 2.24) is 9.55 Å². The Labute approximate surface area is 166 Å². The fourth-order valence-electron chi connectivity index (χ4n) is 3.09. The molecule has 0 aliphatic carbocycles. The van der Waals surface area contributed by atoms with Crippen molar-refractivity contribution in [3.63, 3.8) is 0 Å². The van der Waals surface area contributed by atoms with Crippen LogP contribution in [0.15, 0.2) is 72.9 Å². The van der Waals surface area contributed by atoms with Crippen LogP contribution in [0.4, 0.5) is 17.6 Å². The second-order valence-electron chi connectivity index (χ2n) is 6.38. The van der Waals surface area contributed by atoms with Crippen LogP contribution in [0.5, 0.6) is 0 Å². The maximum absolute atomic E-state index is 14.6. The summed E-state index contributed by atoms with van der Waals surface area (Å²) in [4.78, 5) is 4.55. The van der Waals surface area contributed by atoms with Gasteiger partial charge in [0.15, 0.2) is 23.3 Å². The predicted octanol–water partition coefficient (Wildman–Crippen LogP) is 4.50. The highest BCUT2D eigenvalue weighted by atomic mass is 31.1. The van der Waals surface area contributed by atoms with Gasteiger partial charge in [-0.15, -0.1) is 0 Å². The molecule has 146 valence electrons. The molecule has 4 rings (SSSR count). The molecule has 0 amide bonds. The van der Waals surface area contributed by atoms with Crippen LogP contribution in [0.1, 0.15) is 5.69 Å². The van der Waals surface area contributed by atoms with Gasteiger partial charge in [0.25, 0.3) is 0 Å². The average Bonchev–Trinajstić information content (AvgIpc) is 3.12. The van der Waals surface area contributed by atoms with Crippen LogP contribution in [-0.4, -0.2) is 9.55 Å². The molecule has 0 unspecified atom stereocenters. The SMILES string of the molecule is Cc1cn(-c2cc(F)c(F)c(F)c2F)c(P(c2ccccc2)c2ccccc2)n1. The number of halogens is 4. The highest BCUT2D eigenvalue weighted by molar-refractivity contribution is 7.79. The summed E-state index contributed by atoms with van der Waals surface area (Å²) in [5.41, 5.74) is 0.555. The van der Waals surface area contributed by atoms with Crippen LogP contribution in [0.2, 0.25) is 0 Å². The Kier molecular flexibility index (Phi) is 5.20. The summed E-state index contributed by atoms with van der Waals surface area (Å²) in [5, 5.41) is 1.87. The molecule has 0 bridgehead atoms. The van der Waals surface area contributed by atoms with Crippen molar-refractivity contribution >= 4 is 24.1 Å². The lowest BCUT2D eigenvalue weighted by Gasteiger charge is -2.20. The molecule has 0 N–H and O–H groups in total. The third-order valence-electron chi connectivity index (χ3n) is 4.38. The van der Waals surface area contributed by atoms with Gasteiger partial charge in [0.2, 0.25) is 0 Å². The first-order valence-electron chi connectivity index (χ1n) is 8.77. The van der Waals surface area contributed by atoms with E-state index in [1.807, 2.05) is 60.7 Å². The zero-order valence-electron chi connectivity index (χ0n) is 15.3. The predicted molar refractivity (Wildman–Crippen MR) is 107 cm³/mol. The lowest BCUT2D eigenvalue weighted by molar-refractivity contribution is 0.407. The molecular weight excluding hydrogens is 399 g/mol. The minimum atomic E-state index is -1.85. The summed E-state index contributed by atoms with van der Waals surface area (Å²) in [6, 6.07) is 19.6. The molecule has 1 heterocycles. The fourth-order valence-corrected chi connectivity index (χ4v) is 5.43. The summed E-state index contributed by atoms with van der Waals surface area (Å²) in [5.74, 6) is -6.60. The average molecular weight is 414 g/mol. The number of aromatic nitrogens is 2. The van der Waals surface area contributed by atoms with Gasteiger partial charge in [-0.2, -0.15) is 0 Å². The third kappa shape index (κ3) is 3.56. The largest absolute Gasteiger partial charge is 0.296 e. The number of nitrogens with zero attached hydrogens (tertiary/aromatic N) is 2. The Hall–Kier alpha value is -2.98. The molecule has 4 aromatic rings. The van der Waals surface area contributed by atoms with E-state index >= 15 is 0 Å². The number of hydrogen-bond donors (Lipinski definition) is 0. The van der Waals surface area contributed by atoms with E-state index < -0.39 is 36.9 Å². The monoisotopic (exact) mass is 414 g/mol. The molecule has 1 aromatic heterocycles. The summed E-state index contributed by atoms with van der Waals surface area (Å²) < 4.78 is 57.1. The van der Waals surface area contributed by atoms with E-state index in [9.17, 15) is 17.6 Å². The third-order valence-corrected chi connectivity index (χ3v) is 6.72. The van der Waals surface area contributed by atoms with Crippen molar-refractivity contribution < 1.29 is 17.6 Å². The van der Waals surface area contributed by atoms with Gasteiger partial charge in [0.05, 0.1) is 11.4 Å². The maximum atomic E-state index is 14.6. The topological polar surface area (TPSA) is 17.8 Å². The Balaban J connectivity index is 1.98. The first-order valence-corrected chi connectivity index (χ1v) is 10.1. The summed E-state index contributed by atoms with van der Waals surface area (Å²) in [6.45, 7) is 1.71. The van der Waals surface area contributed by atoms with Crippen LogP contribution in [0, 0.1) is 30.2 Å². The molecular formula is C22H15F4N2P. The van der Waals surface area contributed by atoms with Gasteiger partial charge in [-0.05, 0) is 17.5 Å². The maximum Gasteiger partial charge on any atom is 0.199 e. The zero-order valence-corrected chi connectivity index (χ0v) is 16.2. The highest BCUT2D eigenvalue weighted by Gasteiger charge is 2.26. The standard InChI is InChI=1S/C22H15F4N2P/c1-14-13-28(18-12-17(23)19(24)21(26)20(18)25)22(27-14)29(15-8-4-2-5-9-15)16-10-6-3-7-11-16/h2-13H,1H3. The van der Waals surface area contributed by atoms with E-state index in [4.69, 9.17) is 0 Å². The molecule has 29 heavy (non-hydrogen) atoms. The van der Waals surface area contributed by atoms with Crippen molar-refractivity contribution in [1.29, 1.82) is 0 Å². The number of benzene rings is 3. The van der Waals surface area contributed by atoms with Crippen molar-refractivity contribution in [2.24, 2.45) is 0 Å². The summed E-state index contributed by atoms with van der Waals surface area (Å²) in [7, 11) is -1.26. The summed E-state index contributed by atoms with van der Waals surface area (Å²) in [6.07, 6.45) is 1.49. The van der Waals surface area contributed by atoms with Crippen molar-refractivity contribution in [3.8, 4) is 5.69 Å². The van der Waals surface area contributed by atoms with Crippen LogP contribution < -0.4 is 16.2 Å². The van der Waals surface area contributed by atoms with Crippen LogP contribution in [0.3, 0.4) is 0 Å². The second kappa shape index (κ2) is 7.80. The first-order chi connectivity index (χ1) is 14.0. The molecule has 0 spiro atoms. The van der Waals surface area contributed by atoms with Gasteiger partial charge < -0.3 is 0 Å². The molecule has 3 aromatic carbocycles. The molecule has 2 nitrogen and oxygen atoms in total. The minimum absolute atomic E-state index is 0.420. The lowest BCUT2D eigenvalue weighted by Crippen LogP contribution is -2.28. The normalized spacial score (nSPS) is 11.2. The van der Waals surface area contributed by atoms with E-state index in [-0.39, 0.29) is 0 Å². The number of rotatable bonds is 4. The van der Waals surface area contributed by atoms with Gasteiger partial charge in [0.1, 0.15) is 5.57 Å². The molecule has 0 saturated carbocycles. The van der Waals surface area contributed by atoms with Crippen LogP contribution in [0.25, 0.3) is 5.69 Å². The Bertz CT molecular complexity index is 1120. The van der Waals surface area contributed by atoms with Gasteiger partial charge in [0, 0.05) is 20.2 Å². The Morgan fingerprint density at radius 1 is 0.759 bits per heavy atom. The van der Waals surface area contributed by atoms with Crippen LogP contribution in [-0.2, 0) is 0 Å². The quantitative estimate of drug-likeness (QED) is 0.208. The Morgan fingerprint density at radius 2 is 1.31 bits per heavy atom. The smallest absolute Gasteiger partial charge is 0.199 e. The van der Waals surface area contributed by atoms with Crippen molar-refractivity contribution in [3.05, 3.63) is 102 Å². The fraction of sp³-hybridized carbons (Fsp3) is 0.0455. The second-order valence-corrected chi connectivity index (χ2v) is 8.48. The molecule has 7 heteroatoms. The van der Waals surface area contributed by atoms with E-state index in [2.05, 4.69) is 4.98 Å². The van der Waals surface area contributed by atoms with E-state index in [0.717, 1.165) is 10.6 Å². The van der Waals surface area contributed by atoms with E-state index in [1.165, 1.54) is 10.8 Å². The molecule has 0 radical (unpaired) electrons. The van der Waals surface area contributed by atoms with E-state index in [1.54, 1.807) is 6.92 Å². The lowest BCUT2D eigenvalue weighted by atomic mass is 10.2. The van der Waals surface area contributed by atoms with Gasteiger partial charge in [-0.3, -0.25) is 4.57 Å². The summed E-state index contributed by atoms with van der Waals surface area (Å²) >= 11 is 0. The number of imidazole rings is 1. The minimum Gasteiger partial charge on any atom is -0.296 e. The molecule has 0 saturated heterocycles. The van der Waals surface area contributed by atoms with Crippen LogP contribution >= 0.6 is 7.92 Å². The van der Waals surface area contributed by atoms with Crippen molar-refractivity contribution in [2.75, 3.05) is 0 Å². The Morgan fingerprint density at radius 3 is 1.86 bits per heavy atom. The van der Waals surface area contributed by atoms with E-state index in [0.29, 0.717) is 17.3 Å².